The number of hydrogen-bond donors (Lipinski definition) is 1. The Labute approximate surface area is 163 Å². The third-order valence-corrected chi connectivity index (χ3v) is 5.70. The van der Waals surface area contributed by atoms with Crippen molar-refractivity contribution in [1.82, 2.24) is 20.0 Å². The molecule has 0 spiro atoms. The number of carbonyl (C=O) groups excluding carboxylic acids is 1. The second-order valence-electron chi connectivity index (χ2n) is 7.71. The van der Waals surface area contributed by atoms with Crippen LogP contribution >= 0.6 is 12.4 Å². The molecule has 0 radical (unpaired) electrons. The van der Waals surface area contributed by atoms with Crippen LogP contribution in [0, 0.1) is 5.92 Å². The van der Waals surface area contributed by atoms with E-state index in [4.69, 9.17) is 4.74 Å². The van der Waals surface area contributed by atoms with Gasteiger partial charge in [-0.3, -0.25) is 9.48 Å². The van der Waals surface area contributed by atoms with Gasteiger partial charge in [0.2, 0.25) is 5.91 Å². The number of aromatic nitrogens is 2. The molecule has 3 rings (SSSR count). The SMILES string of the molecule is CNC(C(=O)N1CCC(OC2CCC(C)CC2)CC1)c1cnn(C)c1.Cl. The minimum Gasteiger partial charge on any atom is -0.375 e. The van der Waals surface area contributed by atoms with E-state index in [9.17, 15) is 4.79 Å². The number of piperidine rings is 1. The van der Waals surface area contributed by atoms with Crippen molar-refractivity contribution in [2.75, 3.05) is 20.1 Å². The summed E-state index contributed by atoms with van der Waals surface area (Å²) in [6.07, 6.45) is 11.3. The minimum absolute atomic E-state index is 0. The normalized spacial score (nSPS) is 25.6. The second-order valence-corrected chi connectivity index (χ2v) is 7.71. The Hall–Kier alpha value is -1.11. The van der Waals surface area contributed by atoms with Crippen LogP contribution in [-0.4, -0.2) is 52.9 Å². The largest absolute Gasteiger partial charge is 0.375 e. The highest BCUT2D eigenvalue weighted by molar-refractivity contribution is 5.85. The first-order valence-corrected chi connectivity index (χ1v) is 9.67. The highest BCUT2D eigenvalue weighted by Gasteiger charge is 2.30. The van der Waals surface area contributed by atoms with Crippen LogP contribution in [0.4, 0.5) is 0 Å². The summed E-state index contributed by atoms with van der Waals surface area (Å²) >= 11 is 0. The summed E-state index contributed by atoms with van der Waals surface area (Å²) in [6.45, 7) is 3.90. The standard InChI is InChI=1S/C19H32N4O2.ClH/c1-14-4-6-16(7-5-14)25-17-8-10-23(11-9-17)19(24)18(20-2)15-12-21-22(3)13-15;/h12-14,16-18,20H,4-11H2,1-3H3;1H. The maximum absolute atomic E-state index is 12.9. The first kappa shape index (κ1) is 21.2. The Bertz CT molecular complexity index is 564. The van der Waals surface area contributed by atoms with Crippen molar-refractivity contribution in [3.8, 4) is 0 Å². The molecule has 1 unspecified atom stereocenters. The lowest BCUT2D eigenvalue weighted by molar-refractivity contribution is -0.137. The van der Waals surface area contributed by atoms with Crippen LogP contribution in [0.5, 0.6) is 0 Å². The second kappa shape index (κ2) is 9.72. The third-order valence-electron chi connectivity index (χ3n) is 5.70. The van der Waals surface area contributed by atoms with E-state index < -0.39 is 0 Å². The molecular weight excluding hydrogens is 352 g/mol. The van der Waals surface area contributed by atoms with E-state index in [1.807, 2.05) is 25.2 Å². The molecule has 26 heavy (non-hydrogen) atoms. The van der Waals surface area contributed by atoms with E-state index in [-0.39, 0.29) is 24.4 Å². The molecule has 6 nitrogen and oxygen atoms in total. The zero-order chi connectivity index (χ0) is 17.8. The molecule has 1 amide bonds. The van der Waals surface area contributed by atoms with Gasteiger partial charge in [0.05, 0.1) is 18.4 Å². The van der Waals surface area contributed by atoms with Crippen molar-refractivity contribution in [1.29, 1.82) is 0 Å². The lowest BCUT2D eigenvalue weighted by Crippen LogP contribution is -2.46. The van der Waals surface area contributed by atoms with Crippen molar-refractivity contribution in [2.45, 2.75) is 63.7 Å². The molecule has 1 atom stereocenters. The number of nitrogens with zero attached hydrogens (tertiary/aromatic N) is 3. The van der Waals surface area contributed by atoms with Gasteiger partial charge in [-0.25, -0.2) is 0 Å². The number of rotatable bonds is 5. The molecule has 1 saturated heterocycles. The van der Waals surface area contributed by atoms with E-state index in [0.29, 0.717) is 12.2 Å². The average Bonchev–Trinajstić information content (AvgIpc) is 3.04. The summed E-state index contributed by atoms with van der Waals surface area (Å²) in [5.41, 5.74) is 0.921. The van der Waals surface area contributed by atoms with Gasteiger partial charge in [0.15, 0.2) is 0 Å². The van der Waals surface area contributed by atoms with Gasteiger partial charge in [-0.15, -0.1) is 12.4 Å². The Morgan fingerprint density at radius 1 is 1.19 bits per heavy atom. The molecule has 2 heterocycles. The van der Waals surface area contributed by atoms with E-state index >= 15 is 0 Å². The quantitative estimate of drug-likeness (QED) is 0.847. The highest BCUT2D eigenvalue weighted by Crippen LogP contribution is 2.28. The summed E-state index contributed by atoms with van der Waals surface area (Å²) in [5, 5.41) is 7.32. The van der Waals surface area contributed by atoms with Gasteiger partial charge in [0.25, 0.3) is 0 Å². The van der Waals surface area contributed by atoms with Crippen LogP contribution in [0.25, 0.3) is 0 Å². The van der Waals surface area contributed by atoms with Crippen LogP contribution < -0.4 is 5.32 Å². The van der Waals surface area contributed by atoms with Crippen LogP contribution in [0.3, 0.4) is 0 Å². The number of nitrogens with one attached hydrogen (secondary N) is 1. The predicted molar refractivity (Wildman–Crippen MR) is 104 cm³/mol. The molecule has 1 aromatic rings. The van der Waals surface area contributed by atoms with Gasteiger partial charge in [-0.2, -0.15) is 5.10 Å². The van der Waals surface area contributed by atoms with Crippen LogP contribution in [-0.2, 0) is 16.6 Å². The third kappa shape index (κ3) is 5.21. The Morgan fingerprint density at radius 2 is 1.81 bits per heavy atom. The summed E-state index contributed by atoms with van der Waals surface area (Å²) < 4.78 is 8.05. The fourth-order valence-electron chi connectivity index (χ4n) is 4.05. The predicted octanol–water partition coefficient (Wildman–Crippen LogP) is 2.69. The zero-order valence-electron chi connectivity index (χ0n) is 16.2. The number of aryl methyl sites for hydroxylation is 1. The van der Waals surface area contributed by atoms with E-state index in [0.717, 1.165) is 37.4 Å². The molecule has 148 valence electrons. The van der Waals surface area contributed by atoms with E-state index in [1.165, 1.54) is 25.7 Å². The van der Waals surface area contributed by atoms with Gasteiger partial charge < -0.3 is 15.0 Å². The molecule has 1 N–H and O–H groups in total. The maximum atomic E-state index is 12.9. The lowest BCUT2D eigenvalue weighted by atomic mass is 9.88. The summed E-state index contributed by atoms with van der Waals surface area (Å²) in [4.78, 5) is 14.8. The molecule has 0 aromatic carbocycles. The molecule has 2 fully saturated rings. The molecule has 1 aromatic heterocycles. The van der Waals surface area contributed by atoms with Crippen molar-refractivity contribution in [2.24, 2.45) is 13.0 Å². The maximum Gasteiger partial charge on any atom is 0.244 e. The fourth-order valence-corrected chi connectivity index (χ4v) is 4.05. The molecule has 2 aliphatic rings. The van der Waals surface area contributed by atoms with Crippen molar-refractivity contribution < 1.29 is 9.53 Å². The van der Waals surface area contributed by atoms with Crippen molar-refractivity contribution >= 4 is 18.3 Å². The molecular formula is C19H33ClN4O2. The minimum atomic E-state index is -0.314. The fraction of sp³-hybridized carbons (Fsp3) is 0.789. The molecule has 1 saturated carbocycles. The number of ether oxygens (including phenoxy) is 1. The number of halogens is 1. The molecule has 1 aliphatic carbocycles. The number of likely N-dealkylation sites (N-methyl/N-ethyl adjacent to an activating group) is 1. The van der Waals surface area contributed by atoms with Crippen molar-refractivity contribution in [3.63, 3.8) is 0 Å². The number of hydrogen-bond acceptors (Lipinski definition) is 4. The highest BCUT2D eigenvalue weighted by atomic mass is 35.5. The molecule has 7 heteroatoms. The first-order chi connectivity index (χ1) is 12.1. The summed E-state index contributed by atoms with van der Waals surface area (Å²) in [5.74, 6) is 0.991. The Morgan fingerprint density at radius 3 is 2.35 bits per heavy atom. The smallest absolute Gasteiger partial charge is 0.244 e. The van der Waals surface area contributed by atoms with Crippen LogP contribution in [0.1, 0.15) is 57.1 Å². The first-order valence-electron chi connectivity index (χ1n) is 9.67. The topological polar surface area (TPSA) is 59.4 Å². The van der Waals surface area contributed by atoms with E-state index in [1.54, 1.807) is 10.9 Å². The Kier molecular flexibility index (Phi) is 7.92. The summed E-state index contributed by atoms with van der Waals surface area (Å²) in [7, 11) is 3.70. The molecule has 1 aliphatic heterocycles. The van der Waals surface area contributed by atoms with Gasteiger partial charge in [-0.05, 0) is 51.5 Å². The Balaban J connectivity index is 0.00000243. The van der Waals surface area contributed by atoms with Gasteiger partial charge in [0, 0.05) is 31.9 Å². The lowest BCUT2D eigenvalue weighted by Gasteiger charge is -2.36. The number of likely N-dealkylation sites (tertiary alicyclic amines) is 1. The van der Waals surface area contributed by atoms with Crippen molar-refractivity contribution in [3.05, 3.63) is 18.0 Å². The zero-order valence-corrected chi connectivity index (χ0v) is 17.0. The number of carbonyl (C=O) groups is 1. The van der Waals surface area contributed by atoms with Gasteiger partial charge in [0.1, 0.15) is 6.04 Å². The average molecular weight is 385 g/mol. The molecule has 0 bridgehead atoms. The monoisotopic (exact) mass is 384 g/mol. The van der Waals surface area contributed by atoms with Crippen LogP contribution in [0.15, 0.2) is 12.4 Å². The van der Waals surface area contributed by atoms with Gasteiger partial charge >= 0.3 is 0 Å². The van der Waals surface area contributed by atoms with E-state index in [2.05, 4.69) is 17.3 Å². The van der Waals surface area contributed by atoms with Gasteiger partial charge in [-0.1, -0.05) is 6.92 Å². The summed E-state index contributed by atoms with van der Waals surface area (Å²) in [6, 6.07) is -0.314. The number of amides is 1. The van der Waals surface area contributed by atoms with Crippen LogP contribution in [0.2, 0.25) is 0 Å².